The van der Waals surface area contributed by atoms with Crippen molar-refractivity contribution in [3.63, 3.8) is 0 Å². The molecule has 0 spiro atoms. The second-order valence-electron chi connectivity index (χ2n) is 5.58. The molecular weight excluding hydrogens is 298 g/mol. The number of aromatic nitrogens is 3. The van der Waals surface area contributed by atoms with E-state index in [1.807, 2.05) is 13.8 Å². The van der Waals surface area contributed by atoms with Crippen molar-refractivity contribution in [2.45, 2.75) is 33.7 Å². The SMILES string of the molecule is Cc1nc(-c2cncnc2)sc1N(C)C(=O)NC(C)C(C)C. The molecule has 2 heterocycles. The molecule has 1 N–H and O–H groups in total. The largest absolute Gasteiger partial charge is 0.335 e. The first-order valence-electron chi connectivity index (χ1n) is 7.17. The lowest BCUT2D eigenvalue weighted by Crippen LogP contribution is -2.43. The van der Waals surface area contributed by atoms with Crippen molar-refractivity contribution in [3.8, 4) is 10.6 Å². The van der Waals surface area contributed by atoms with E-state index >= 15 is 0 Å². The third kappa shape index (κ3) is 3.59. The number of carbonyl (C=O) groups is 1. The monoisotopic (exact) mass is 319 g/mol. The van der Waals surface area contributed by atoms with Gasteiger partial charge in [0.05, 0.1) is 5.69 Å². The molecule has 0 radical (unpaired) electrons. The summed E-state index contributed by atoms with van der Waals surface area (Å²) in [5, 5.41) is 4.63. The van der Waals surface area contributed by atoms with Crippen LogP contribution in [-0.4, -0.2) is 34.1 Å². The molecule has 0 fully saturated rings. The lowest BCUT2D eigenvalue weighted by molar-refractivity contribution is 0.241. The molecule has 0 bridgehead atoms. The molecule has 0 saturated heterocycles. The average molecular weight is 319 g/mol. The minimum atomic E-state index is -0.121. The number of aryl methyl sites for hydroxylation is 1. The van der Waals surface area contributed by atoms with Crippen molar-refractivity contribution in [2.75, 3.05) is 11.9 Å². The molecule has 6 nitrogen and oxygen atoms in total. The fourth-order valence-corrected chi connectivity index (χ4v) is 2.79. The van der Waals surface area contributed by atoms with Crippen LogP contribution >= 0.6 is 11.3 Å². The van der Waals surface area contributed by atoms with Crippen LogP contribution in [0.5, 0.6) is 0 Å². The molecule has 2 aromatic rings. The molecule has 22 heavy (non-hydrogen) atoms. The van der Waals surface area contributed by atoms with Gasteiger partial charge in [-0.1, -0.05) is 25.2 Å². The van der Waals surface area contributed by atoms with E-state index in [0.717, 1.165) is 21.3 Å². The molecule has 0 saturated carbocycles. The molecule has 0 aliphatic rings. The van der Waals surface area contributed by atoms with Gasteiger partial charge in [-0.05, 0) is 19.8 Å². The highest BCUT2D eigenvalue weighted by molar-refractivity contribution is 7.19. The van der Waals surface area contributed by atoms with E-state index in [-0.39, 0.29) is 12.1 Å². The van der Waals surface area contributed by atoms with Crippen molar-refractivity contribution >= 4 is 22.4 Å². The van der Waals surface area contributed by atoms with Crippen molar-refractivity contribution in [3.05, 3.63) is 24.4 Å². The van der Waals surface area contributed by atoms with Gasteiger partial charge in [-0.25, -0.2) is 19.7 Å². The molecule has 2 amide bonds. The molecule has 0 aromatic carbocycles. The first-order chi connectivity index (χ1) is 10.4. The van der Waals surface area contributed by atoms with Gasteiger partial charge in [-0.3, -0.25) is 4.90 Å². The number of rotatable bonds is 4. The number of thiazole rings is 1. The zero-order chi connectivity index (χ0) is 16.3. The van der Waals surface area contributed by atoms with Crippen LogP contribution in [0.15, 0.2) is 18.7 Å². The van der Waals surface area contributed by atoms with Crippen molar-refractivity contribution in [1.82, 2.24) is 20.3 Å². The number of nitrogens with zero attached hydrogens (tertiary/aromatic N) is 4. The number of urea groups is 1. The summed E-state index contributed by atoms with van der Waals surface area (Å²) in [5.74, 6) is 0.386. The van der Waals surface area contributed by atoms with Crippen LogP contribution in [0, 0.1) is 12.8 Å². The normalized spacial score (nSPS) is 12.3. The summed E-state index contributed by atoms with van der Waals surface area (Å²) in [6.45, 7) is 8.06. The van der Waals surface area contributed by atoms with E-state index in [9.17, 15) is 4.79 Å². The fourth-order valence-electron chi connectivity index (χ4n) is 1.78. The number of amides is 2. The van der Waals surface area contributed by atoms with Gasteiger partial charge in [0, 0.05) is 31.0 Å². The third-order valence-electron chi connectivity index (χ3n) is 3.54. The van der Waals surface area contributed by atoms with Gasteiger partial charge in [0.2, 0.25) is 0 Å². The molecule has 2 aromatic heterocycles. The Balaban J connectivity index is 2.19. The highest BCUT2D eigenvalue weighted by atomic mass is 32.1. The molecule has 2 rings (SSSR count). The molecule has 0 aliphatic heterocycles. The summed E-state index contributed by atoms with van der Waals surface area (Å²) >= 11 is 1.46. The predicted octanol–water partition coefficient (Wildman–Crippen LogP) is 3.10. The average Bonchev–Trinajstić information content (AvgIpc) is 2.89. The van der Waals surface area contributed by atoms with E-state index in [2.05, 4.69) is 34.1 Å². The Morgan fingerprint density at radius 1 is 1.27 bits per heavy atom. The number of carbonyl (C=O) groups excluding carboxylic acids is 1. The summed E-state index contributed by atoms with van der Waals surface area (Å²) in [6, 6.07) is -0.00557. The van der Waals surface area contributed by atoms with Crippen molar-refractivity contribution < 1.29 is 4.79 Å². The maximum atomic E-state index is 12.3. The van der Waals surface area contributed by atoms with Crippen LogP contribution in [0.3, 0.4) is 0 Å². The van der Waals surface area contributed by atoms with E-state index in [1.54, 1.807) is 24.3 Å². The van der Waals surface area contributed by atoms with E-state index < -0.39 is 0 Å². The lowest BCUT2D eigenvalue weighted by Gasteiger charge is -2.22. The van der Waals surface area contributed by atoms with E-state index in [4.69, 9.17) is 0 Å². The van der Waals surface area contributed by atoms with Gasteiger partial charge in [-0.2, -0.15) is 0 Å². The van der Waals surface area contributed by atoms with Gasteiger partial charge in [0.15, 0.2) is 0 Å². The van der Waals surface area contributed by atoms with Gasteiger partial charge < -0.3 is 5.32 Å². The Bertz CT molecular complexity index is 641. The summed E-state index contributed by atoms with van der Waals surface area (Å²) in [6.07, 6.45) is 4.92. The van der Waals surface area contributed by atoms with Crippen molar-refractivity contribution in [1.29, 1.82) is 0 Å². The maximum absolute atomic E-state index is 12.3. The fraction of sp³-hybridized carbons (Fsp3) is 0.467. The first-order valence-corrected chi connectivity index (χ1v) is 7.98. The molecular formula is C15H21N5OS. The van der Waals surface area contributed by atoms with E-state index in [1.165, 1.54) is 17.7 Å². The number of hydrogen-bond acceptors (Lipinski definition) is 5. The smallest absolute Gasteiger partial charge is 0.322 e. The minimum Gasteiger partial charge on any atom is -0.335 e. The predicted molar refractivity (Wildman–Crippen MR) is 89.1 cm³/mol. The Morgan fingerprint density at radius 2 is 1.91 bits per heavy atom. The topological polar surface area (TPSA) is 71.0 Å². The highest BCUT2D eigenvalue weighted by Gasteiger charge is 2.20. The Labute approximate surface area is 134 Å². The summed E-state index contributed by atoms with van der Waals surface area (Å²) in [7, 11) is 1.76. The van der Waals surface area contributed by atoms with Gasteiger partial charge in [0.1, 0.15) is 16.3 Å². The summed E-state index contributed by atoms with van der Waals surface area (Å²) in [4.78, 5) is 26.5. The summed E-state index contributed by atoms with van der Waals surface area (Å²) < 4.78 is 0. The minimum absolute atomic E-state index is 0.116. The van der Waals surface area contributed by atoms with Crippen molar-refractivity contribution in [2.24, 2.45) is 5.92 Å². The summed E-state index contributed by atoms with van der Waals surface area (Å²) in [5.41, 5.74) is 1.67. The first kappa shape index (κ1) is 16.4. The Morgan fingerprint density at radius 3 is 2.50 bits per heavy atom. The zero-order valence-electron chi connectivity index (χ0n) is 13.5. The quantitative estimate of drug-likeness (QED) is 0.940. The number of nitrogens with one attached hydrogen (secondary N) is 1. The van der Waals surface area contributed by atoms with Crippen LogP contribution in [0.1, 0.15) is 26.5 Å². The molecule has 118 valence electrons. The van der Waals surface area contributed by atoms with Crippen LogP contribution in [0.25, 0.3) is 10.6 Å². The standard InChI is InChI=1S/C15H21N5OS/c1-9(2)10(3)19-15(21)20(5)14-11(4)18-13(22-14)12-6-16-8-17-7-12/h6-10H,1-5H3,(H,19,21). The highest BCUT2D eigenvalue weighted by Crippen LogP contribution is 2.33. The van der Waals surface area contributed by atoms with Gasteiger partial charge in [-0.15, -0.1) is 0 Å². The zero-order valence-corrected chi connectivity index (χ0v) is 14.3. The third-order valence-corrected chi connectivity index (χ3v) is 4.82. The maximum Gasteiger partial charge on any atom is 0.322 e. The molecule has 1 unspecified atom stereocenters. The van der Waals surface area contributed by atoms with Crippen LogP contribution in [-0.2, 0) is 0 Å². The second kappa shape index (κ2) is 6.83. The van der Waals surface area contributed by atoms with Crippen LogP contribution in [0.4, 0.5) is 9.80 Å². The Hall–Kier alpha value is -2.02. The molecule has 7 heteroatoms. The second-order valence-corrected chi connectivity index (χ2v) is 6.56. The van der Waals surface area contributed by atoms with E-state index in [0.29, 0.717) is 5.92 Å². The van der Waals surface area contributed by atoms with Gasteiger partial charge in [0.25, 0.3) is 0 Å². The van der Waals surface area contributed by atoms with Crippen LogP contribution in [0.2, 0.25) is 0 Å². The Kier molecular flexibility index (Phi) is 5.07. The number of anilines is 1. The number of hydrogen-bond donors (Lipinski definition) is 1. The van der Waals surface area contributed by atoms with Gasteiger partial charge >= 0.3 is 6.03 Å². The van der Waals surface area contributed by atoms with Crippen LogP contribution < -0.4 is 10.2 Å². The molecule has 1 atom stereocenters. The molecule has 0 aliphatic carbocycles. The lowest BCUT2D eigenvalue weighted by atomic mass is 10.1.